The Hall–Kier alpha value is -2.10. The van der Waals surface area contributed by atoms with Crippen molar-refractivity contribution in [2.45, 2.75) is 25.8 Å². The lowest BCUT2D eigenvalue weighted by molar-refractivity contribution is -0.127. The van der Waals surface area contributed by atoms with Gasteiger partial charge in [0, 0.05) is 24.2 Å². The van der Waals surface area contributed by atoms with Gasteiger partial charge in [0.2, 0.25) is 5.91 Å². The van der Waals surface area contributed by atoms with Crippen LogP contribution in [0.1, 0.15) is 24.8 Å². The van der Waals surface area contributed by atoms with Gasteiger partial charge in [-0.3, -0.25) is 9.78 Å². The van der Waals surface area contributed by atoms with E-state index in [9.17, 15) is 4.79 Å². The zero-order chi connectivity index (χ0) is 13.1. The molecule has 0 radical (unpaired) electrons. The predicted molar refractivity (Wildman–Crippen MR) is 71.1 cm³/mol. The molecule has 0 saturated heterocycles. The van der Waals surface area contributed by atoms with E-state index in [0.29, 0.717) is 6.54 Å². The number of furan rings is 1. The Bertz CT molecular complexity index is 559. The van der Waals surface area contributed by atoms with Crippen LogP contribution in [0.5, 0.6) is 0 Å². The number of pyridine rings is 1. The van der Waals surface area contributed by atoms with E-state index in [1.165, 1.54) is 6.42 Å². The summed E-state index contributed by atoms with van der Waals surface area (Å²) < 4.78 is 5.37. The van der Waals surface area contributed by atoms with Gasteiger partial charge in [-0.05, 0) is 31.0 Å². The summed E-state index contributed by atoms with van der Waals surface area (Å²) in [7, 11) is 0. The summed E-state index contributed by atoms with van der Waals surface area (Å²) in [6.45, 7) is 0.499. The monoisotopic (exact) mass is 256 g/mol. The van der Waals surface area contributed by atoms with Gasteiger partial charge >= 0.3 is 0 Å². The number of rotatable bonds is 4. The normalized spacial score (nSPS) is 14.9. The summed E-state index contributed by atoms with van der Waals surface area (Å²) in [4.78, 5) is 16.2. The van der Waals surface area contributed by atoms with Crippen molar-refractivity contribution in [3.63, 3.8) is 0 Å². The molecule has 1 amide bonds. The van der Waals surface area contributed by atoms with E-state index in [1.54, 1.807) is 12.5 Å². The zero-order valence-electron chi connectivity index (χ0n) is 10.6. The maximum Gasteiger partial charge on any atom is 0.223 e. The highest BCUT2D eigenvalue weighted by Gasteiger charge is 2.25. The van der Waals surface area contributed by atoms with E-state index in [1.807, 2.05) is 24.3 Å². The minimum absolute atomic E-state index is 0.153. The van der Waals surface area contributed by atoms with Crippen molar-refractivity contribution in [2.24, 2.45) is 5.92 Å². The number of aromatic nitrogens is 1. The minimum atomic E-state index is 0.153. The Balaban J connectivity index is 1.72. The van der Waals surface area contributed by atoms with Gasteiger partial charge in [0.25, 0.3) is 0 Å². The van der Waals surface area contributed by atoms with Gasteiger partial charge in [-0.1, -0.05) is 12.5 Å². The minimum Gasteiger partial charge on any atom is -0.463 e. The molecule has 19 heavy (non-hydrogen) atoms. The van der Waals surface area contributed by atoms with Crippen LogP contribution in [0.25, 0.3) is 11.5 Å². The highest BCUT2D eigenvalue weighted by Crippen LogP contribution is 2.26. The average Bonchev–Trinajstić information content (AvgIpc) is 2.88. The topological polar surface area (TPSA) is 55.1 Å². The van der Waals surface area contributed by atoms with Gasteiger partial charge in [-0.15, -0.1) is 0 Å². The Morgan fingerprint density at radius 1 is 1.37 bits per heavy atom. The zero-order valence-corrected chi connectivity index (χ0v) is 10.6. The average molecular weight is 256 g/mol. The third kappa shape index (κ3) is 2.52. The lowest BCUT2D eigenvalue weighted by Crippen LogP contribution is -2.34. The highest BCUT2D eigenvalue weighted by atomic mass is 16.3. The molecule has 3 rings (SSSR count). The van der Waals surface area contributed by atoms with Crippen LogP contribution in [-0.4, -0.2) is 10.9 Å². The first-order valence-electron chi connectivity index (χ1n) is 6.60. The molecule has 0 atom stereocenters. The third-order valence-corrected chi connectivity index (χ3v) is 3.57. The Morgan fingerprint density at radius 2 is 2.26 bits per heavy atom. The van der Waals surface area contributed by atoms with E-state index < -0.39 is 0 Å². The molecule has 0 aliphatic heterocycles. The second kappa shape index (κ2) is 5.26. The number of nitrogens with one attached hydrogen (secondary N) is 1. The summed E-state index contributed by atoms with van der Waals surface area (Å²) in [5.41, 5.74) is 1.77. The molecular weight excluding hydrogens is 240 g/mol. The smallest absolute Gasteiger partial charge is 0.223 e. The SMILES string of the molecule is O=C(NCc1cccnc1-c1ccco1)C1CCC1. The molecular formula is C15H16N2O2. The Labute approximate surface area is 111 Å². The molecule has 2 heterocycles. The summed E-state index contributed by atoms with van der Waals surface area (Å²) in [5.74, 6) is 1.10. The van der Waals surface area contributed by atoms with Crippen molar-refractivity contribution in [1.29, 1.82) is 0 Å². The van der Waals surface area contributed by atoms with E-state index in [0.717, 1.165) is 29.9 Å². The Morgan fingerprint density at radius 3 is 2.95 bits per heavy atom. The molecule has 4 nitrogen and oxygen atoms in total. The second-order valence-electron chi connectivity index (χ2n) is 4.83. The number of hydrogen-bond acceptors (Lipinski definition) is 3. The van der Waals surface area contributed by atoms with Crippen LogP contribution in [0.15, 0.2) is 41.1 Å². The van der Waals surface area contributed by atoms with Crippen molar-refractivity contribution in [2.75, 3.05) is 0 Å². The molecule has 0 unspecified atom stereocenters. The number of hydrogen-bond donors (Lipinski definition) is 1. The van der Waals surface area contributed by atoms with Crippen molar-refractivity contribution in [3.05, 3.63) is 42.3 Å². The molecule has 4 heteroatoms. The van der Waals surface area contributed by atoms with Crippen molar-refractivity contribution >= 4 is 5.91 Å². The van der Waals surface area contributed by atoms with Crippen LogP contribution in [0, 0.1) is 5.92 Å². The van der Waals surface area contributed by atoms with Crippen LogP contribution in [0.3, 0.4) is 0 Å². The Kier molecular flexibility index (Phi) is 3.31. The fourth-order valence-corrected chi connectivity index (χ4v) is 2.21. The maximum absolute atomic E-state index is 11.8. The number of carbonyl (C=O) groups is 1. The fourth-order valence-electron chi connectivity index (χ4n) is 2.21. The van der Waals surface area contributed by atoms with E-state index in [-0.39, 0.29) is 11.8 Å². The second-order valence-corrected chi connectivity index (χ2v) is 4.83. The van der Waals surface area contributed by atoms with Gasteiger partial charge in [0.15, 0.2) is 5.76 Å². The summed E-state index contributed by atoms with van der Waals surface area (Å²) in [6.07, 6.45) is 6.56. The van der Waals surface area contributed by atoms with Gasteiger partial charge in [0.05, 0.1) is 6.26 Å². The summed E-state index contributed by atoms with van der Waals surface area (Å²) in [5, 5.41) is 2.98. The molecule has 1 fully saturated rings. The van der Waals surface area contributed by atoms with Crippen LogP contribution in [-0.2, 0) is 11.3 Å². The number of nitrogens with zero attached hydrogens (tertiary/aromatic N) is 1. The lowest BCUT2D eigenvalue weighted by atomic mass is 9.85. The maximum atomic E-state index is 11.8. The number of carbonyl (C=O) groups excluding carboxylic acids is 1. The molecule has 0 aromatic carbocycles. The largest absolute Gasteiger partial charge is 0.463 e. The van der Waals surface area contributed by atoms with Crippen LogP contribution in [0.2, 0.25) is 0 Å². The first kappa shape index (κ1) is 12.0. The van der Waals surface area contributed by atoms with Gasteiger partial charge < -0.3 is 9.73 Å². The van der Waals surface area contributed by atoms with Gasteiger partial charge in [0.1, 0.15) is 5.69 Å². The molecule has 0 spiro atoms. The van der Waals surface area contributed by atoms with E-state index in [4.69, 9.17) is 4.42 Å². The molecule has 98 valence electrons. The van der Waals surface area contributed by atoms with Gasteiger partial charge in [-0.2, -0.15) is 0 Å². The molecule has 2 aromatic heterocycles. The van der Waals surface area contributed by atoms with Crippen LogP contribution in [0.4, 0.5) is 0 Å². The standard InChI is InChI=1S/C15H16N2O2/c18-15(11-4-1-5-11)17-10-12-6-2-8-16-14(12)13-7-3-9-19-13/h2-3,6-9,11H,1,4-5,10H2,(H,17,18). The molecule has 2 aromatic rings. The molecule has 1 N–H and O–H groups in total. The van der Waals surface area contributed by atoms with Crippen LogP contribution >= 0.6 is 0 Å². The number of amides is 1. The summed E-state index contributed by atoms with van der Waals surface area (Å²) >= 11 is 0. The van der Waals surface area contributed by atoms with E-state index in [2.05, 4.69) is 10.3 Å². The van der Waals surface area contributed by atoms with Crippen molar-refractivity contribution < 1.29 is 9.21 Å². The predicted octanol–water partition coefficient (Wildman–Crippen LogP) is 2.76. The third-order valence-electron chi connectivity index (χ3n) is 3.57. The molecule has 1 saturated carbocycles. The summed E-state index contributed by atoms with van der Waals surface area (Å²) in [6, 6.07) is 7.55. The first-order valence-corrected chi connectivity index (χ1v) is 6.60. The quantitative estimate of drug-likeness (QED) is 0.915. The van der Waals surface area contributed by atoms with Crippen LogP contribution < -0.4 is 5.32 Å². The first-order chi connectivity index (χ1) is 9.34. The fraction of sp³-hybridized carbons (Fsp3) is 0.333. The van der Waals surface area contributed by atoms with Crippen molar-refractivity contribution in [1.82, 2.24) is 10.3 Å². The molecule has 1 aliphatic carbocycles. The van der Waals surface area contributed by atoms with Gasteiger partial charge in [-0.25, -0.2) is 0 Å². The van der Waals surface area contributed by atoms with Crippen molar-refractivity contribution in [3.8, 4) is 11.5 Å². The molecule has 1 aliphatic rings. The molecule has 0 bridgehead atoms. The van der Waals surface area contributed by atoms with E-state index >= 15 is 0 Å². The highest BCUT2D eigenvalue weighted by molar-refractivity contribution is 5.79. The lowest BCUT2D eigenvalue weighted by Gasteiger charge is -2.24.